The van der Waals surface area contributed by atoms with E-state index in [1.807, 2.05) is 10.9 Å². The molecule has 28 heteroatoms. The van der Waals surface area contributed by atoms with E-state index in [4.69, 9.17) is 29.4 Å². The molecule has 5 N–H and O–H groups in total. The summed E-state index contributed by atoms with van der Waals surface area (Å²) in [5, 5.41) is 23.0. The van der Waals surface area contributed by atoms with Crippen LogP contribution in [0.3, 0.4) is 0 Å². The number of rotatable bonds is 33. The fraction of sp³-hybridized carbons (Fsp3) is 0.542. The summed E-state index contributed by atoms with van der Waals surface area (Å²) in [6.07, 6.45) is 13.3. The Balaban J connectivity index is 0.790. The molecule has 7 rings (SSSR count). The summed E-state index contributed by atoms with van der Waals surface area (Å²) in [7, 11) is 3.18. The van der Waals surface area contributed by atoms with Gasteiger partial charge in [-0.3, -0.25) is 47.7 Å². The molecule has 1 saturated heterocycles. The minimum atomic E-state index is -1.35. The molecular formula is C59H78N14O14. The third-order valence-electron chi connectivity index (χ3n) is 15.2. The number of nitriles is 1. The predicted octanol–water partition coefficient (Wildman–Crippen LogP) is 2.92. The van der Waals surface area contributed by atoms with Crippen molar-refractivity contribution < 1.29 is 66.8 Å². The van der Waals surface area contributed by atoms with Gasteiger partial charge in [-0.15, -0.1) is 0 Å². The zero-order chi connectivity index (χ0) is 62.4. The molecule has 0 bridgehead atoms. The van der Waals surface area contributed by atoms with Gasteiger partial charge in [0.1, 0.15) is 31.1 Å². The number of aromatic nitrogens is 5. The second-order valence-electron chi connectivity index (χ2n) is 21.8. The van der Waals surface area contributed by atoms with Crippen LogP contribution in [0.5, 0.6) is 0 Å². The summed E-state index contributed by atoms with van der Waals surface area (Å²) in [6, 6.07) is 6.93. The number of amides is 9. The molecular weight excluding hydrogens is 1130 g/mol. The number of likely N-dealkylation sites (N-methyl/N-ethyl adjacent to an activating group) is 2. The quantitative estimate of drug-likeness (QED) is 0.0393. The van der Waals surface area contributed by atoms with E-state index in [0.29, 0.717) is 46.7 Å². The van der Waals surface area contributed by atoms with Crippen molar-refractivity contribution in [2.24, 2.45) is 17.6 Å². The van der Waals surface area contributed by atoms with E-state index in [2.05, 4.69) is 37.1 Å². The molecule has 5 heterocycles. The number of benzene rings is 1. The van der Waals surface area contributed by atoms with Gasteiger partial charge in [0.25, 0.3) is 11.8 Å². The van der Waals surface area contributed by atoms with Gasteiger partial charge in [0.15, 0.2) is 5.65 Å². The summed E-state index contributed by atoms with van der Waals surface area (Å²) in [5.41, 5.74) is 8.28. The maximum atomic E-state index is 13.9. The molecule has 0 radical (unpaired) electrons. The first kappa shape index (κ1) is 65.9. The molecule has 3 aliphatic rings. The first-order chi connectivity index (χ1) is 41.9. The number of hydrogen-bond donors (Lipinski definition) is 4. The maximum absolute atomic E-state index is 13.9. The van der Waals surface area contributed by atoms with Crippen LogP contribution in [0.4, 0.5) is 15.3 Å². The van der Waals surface area contributed by atoms with Crippen molar-refractivity contribution in [3.8, 4) is 17.3 Å². The van der Waals surface area contributed by atoms with E-state index < -0.39 is 60.2 Å². The number of likely N-dealkylation sites (tertiary alicyclic amines) is 1. The number of primary amides is 1. The van der Waals surface area contributed by atoms with Gasteiger partial charge in [-0.25, -0.2) is 19.6 Å². The molecule has 2 aliphatic heterocycles. The average Bonchev–Trinajstić information content (AvgIpc) is 4.61. The number of nitrogens with one attached hydrogen (secondary N) is 3. The fourth-order valence-electron chi connectivity index (χ4n) is 10.4. The molecule has 28 nitrogen and oxygen atoms in total. The second kappa shape index (κ2) is 32.7. The van der Waals surface area contributed by atoms with Crippen LogP contribution >= 0.6 is 0 Å². The molecule has 4 aromatic rings. The van der Waals surface area contributed by atoms with Crippen molar-refractivity contribution in [2.45, 2.75) is 102 Å². The molecule has 87 heavy (non-hydrogen) atoms. The Labute approximate surface area is 503 Å². The monoisotopic (exact) mass is 1210 g/mol. The van der Waals surface area contributed by atoms with E-state index >= 15 is 0 Å². The molecule has 4 atom stereocenters. The normalized spacial score (nSPS) is 16.0. The van der Waals surface area contributed by atoms with Crippen LogP contribution in [0.2, 0.25) is 0 Å². The summed E-state index contributed by atoms with van der Waals surface area (Å²) in [4.78, 5) is 130. The van der Waals surface area contributed by atoms with Crippen molar-refractivity contribution in [3.63, 3.8) is 0 Å². The average molecular weight is 1210 g/mol. The molecule has 468 valence electrons. The highest BCUT2D eigenvalue weighted by Crippen LogP contribution is 2.37. The van der Waals surface area contributed by atoms with Gasteiger partial charge in [0, 0.05) is 81.3 Å². The zero-order valence-corrected chi connectivity index (χ0v) is 49.6. The van der Waals surface area contributed by atoms with Crippen LogP contribution < -0.4 is 21.7 Å². The van der Waals surface area contributed by atoms with E-state index in [1.54, 1.807) is 70.7 Å². The minimum Gasteiger partial charge on any atom is -0.445 e. The topological polar surface area (TPSA) is 347 Å². The van der Waals surface area contributed by atoms with Crippen molar-refractivity contribution in [1.29, 1.82) is 5.26 Å². The molecule has 3 aromatic heterocycles. The Hall–Kier alpha value is -8.65. The Kier molecular flexibility index (Phi) is 24.8. The van der Waals surface area contributed by atoms with Crippen molar-refractivity contribution >= 4 is 70.2 Å². The number of fused-ring (bicyclic) bond motifs is 1. The summed E-state index contributed by atoms with van der Waals surface area (Å²) < 4.78 is 30.6. The SMILES string of the molecule is CC(C)[C@H](NC(=O)[C@@H]1CCCN1C(=O)[C@H](CC(N)=O)NC(=O)CCOCCOCCOCCOCCN1C(=O)C=CC1=O)C(=O)Nc1ccc(COC(=O)N(C)CCN(C)C(=O)n2ccc3c(-c4cnn([C@H](CC#N)C5CCCC5)c4)ncnc32)cc1. The molecule has 9 amide bonds. The first-order valence-corrected chi connectivity index (χ1v) is 29.2. The van der Waals surface area contributed by atoms with Crippen molar-refractivity contribution in [3.05, 3.63) is 73.0 Å². The van der Waals surface area contributed by atoms with E-state index in [-0.39, 0.29) is 128 Å². The second-order valence-corrected chi connectivity index (χ2v) is 21.8. The lowest BCUT2D eigenvalue weighted by Gasteiger charge is -2.30. The molecule has 0 spiro atoms. The Morgan fingerprint density at radius 1 is 0.816 bits per heavy atom. The van der Waals surface area contributed by atoms with Crippen LogP contribution in [-0.4, -0.2) is 209 Å². The molecule has 0 unspecified atom stereocenters. The van der Waals surface area contributed by atoms with Gasteiger partial charge < -0.3 is 60.1 Å². The van der Waals surface area contributed by atoms with Gasteiger partial charge in [0.2, 0.25) is 29.5 Å². The van der Waals surface area contributed by atoms with Crippen LogP contribution in [0, 0.1) is 23.2 Å². The minimum absolute atomic E-state index is 0.0142. The molecule has 2 fully saturated rings. The van der Waals surface area contributed by atoms with Crippen LogP contribution in [0.1, 0.15) is 83.2 Å². The van der Waals surface area contributed by atoms with Crippen molar-refractivity contribution in [1.82, 2.24) is 54.5 Å². The first-order valence-electron chi connectivity index (χ1n) is 29.2. The number of carbonyl (C=O) groups is 9. The van der Waals surface area contributed by atoms with Gasteiger partial charge >= 0.3 is 12.1 Å². The van der Waals surface area contributed by atoms with Crippen LogP contribution in [0.15, 0.2) is 67.4 Å². The van der Waals surface area contributed by atoms with Gasteiger partial charge in [-0.2, -0.15) is 10.4 Å². The highest BCUT2D eigenvalue weighted by atomic mass is 16.6. The number of ether oxygens (including phenoxy) is 5. The fourth-order valence-corrected chi connectivity index (χ4v) is 10.4. The smallest absolute Gasteiger partial charge is 0.409 e. The summed E-state index contributed by atoms with van der Waals surface area (Å²) in [5.74, 6) is -3.92. The van der Waals surface area contributed by atoms with Gasteiger partial charge in [-0.1, -0.05) is 38.8 Å². The lowest BCUT2D eigenvalue weighted by molar-refractivity contribution is -0.143. The Morgan fingerprint density at radius 3 is 2.13 bits per heavy atom. The molecule has 1 aromatic carbocycles. The molecule has 1 saturated carbocycles. The number of hydrogen-bond acceptors (Lipinski definition) is 18. The van der Waals surface area contributed by atoms with Gasteiger partial charge in [-0.05, 0) is 61.3 Å². The van der Waals surface area contributed by atoms with Crippen LogP contribution in [-0.2, 0) is 63.9 Å². The number of nitrogens with two attached hydrogens (primary N) is 1. The Bertz CT molecular complexity index is 3100. The van der Waals surface area contributed by atoms with E-state index in [1.165, 1.54) is 37.7 Å². The van der Waals surface area contributed by atoms with Crippen LogP contribution in [0.25, 0.3) is 22.3 Å². The Morgan fingerprint density at radius 2 is 1.47 bits per heavy atom. The number of imide groups is 1. The number of carbonyl (C=O) groups excluding carboxylic acids is 9. The largest absolute Gasteiger partial charge is 0.445 e. The number of anilines is 1. The van der Waals surface area contributed by atoms with E-state index in [0.717, 1.165) is 36.1 Å². The third kappa shape index (κ3) is 18.7. The lowest BCUT2D eigenvalue weighted by Crippen LogP contribution is -2.57. The zero-order valence-electron chi connectivity index (χ0n) is 49.6. The van der Waals surface area contributed by atoms with E-state index in [9.17, 15) is 48.4 Å². The third-order valence-corrected chi connectivity index (χ3v) is 15.2. The highest BCUT2D eigenvalue weighted by molar-refractivity contribution is 6.12. The highest BCUT2D eigenvalue weighted by Gasteiger charge is 2.40. The maximum Gasteiger partial charge on any atom is 0.409 e. The number of nitrogens with zero attached hydrogens (tertiary/aromatic N) is 10. The van der Waals surface area contributed by atoms with Crippen molar-refractivity contribution in [2.75, 3.05) is 98.4 Å². The summed E-state index contributed by atoms with van der Waals surface area (Å²) in [6.45, 7) is 5.75. The van der Waals surface area contributed by atoms with Gasteiger partial charge in [0.05, 0.1) is 96.2 Å². The summed E-state index contributed by atoms with van der Waals surface area (Å²) >= 11 is 0. The molecule has 1 aliphatic carbocycles. The standard InChI is InChI=1S/C59H78N14O14/c1-39(2)52(67-55(78)47-10-7-21-70(47)57(80)45(34-48(61)74)66-49(75)19-26-83-28-30-85-32-33-86-31-29-84-27-25-71-50(76)15-16-51(71)77)56(79)65-43-13-11-40(12-14-43)37-87-59(82)69(4)24-23-68(3)58(81)72-22-18-44-53(62-38-63-54(44)72)42-35-64-73(36-42)46(17-20-60)41-8-5-6-9-41/h11-16,18,22,35-36,38-39,41,45-47,52H,5-10,17,19,21,23-34,37H2,1-4H3,(H2,61,74)(H,65,79)(H,66,75)(H,67,78)/t45-,46+,47-,52-/m0/s1. The lowest BCUT2D eigenvalue weighted by atomic mass is 9.96. The predicted molar refractivity (Wildman–Crippen MR) is 312 cm³/mol.